The zero-order chi connectivity index (χ0) is 45.0. The Kier molecular flexibility index (Phi) is 9.43. The van der Waals surface area contributed by atoms with Gasteiger partial charge in [0.25, 0.3) is 0 Å². The summed E-state index contributed by atoms with van der Waals surface area (Å²) in [5.41, 5.74) is 16.8. The van der Waals surface area contributed by atoms with Crippen molar-refractivity contribution in [1.82, 2.24) is 24.1 Å². The summed E-state index contributed by atoms with van der Waals surface area (Å²) in [4.78, 5) is 14.9. The molecule has 318 valence electrons. The molecule has 13 rings (SSSR count). The van der Waals surface area contributed by atoms with Crippen LogP contribution in [-0.4, -0.2) is 24.1 Å². The molecule has 0 spiro atoms. The van der Waals surface area contributed by atoms with Gasteiger partial charge < -0.3 is 9.13 Å². The molecule has 10 aromatic carbocycles. The fourth-order valence-corrected chi connectivity index (χ4v) is 9.89. The van der Waals surface area contributed by atoms with Crippen LogP contribution in [0.3, 0.4) is 0 Å². The van der Waals surface area contributed by atoms with Gasteiger partial charge >= 0.3 is 0 Å². The van der Waals surface area contributed by atoms with Gasteiger partial charge in [0.1, 0.15) is 0 Å². The number of nitrogens with zero attached hydrogens (tertiary/aromatic N) is 5. The van der Waals surface area contributed by atoms with Gasteiger partial charge in [-0.25, -0.2) is 15.0 Å². The van der Waals surface area contributed by atoms with Gasteiger partial charge in [-0.3, -0.25) is 0 Å². The molecule has 0 saturated heterocycles. The number of hydrogen-bond acceptors (Lipinski definition) is 3. The molecule has 5 heteroatoms. The molecular weight excluding hydrogens is 827 g/mol. The second kappa shape index (κ2) is 16.4. The first-order chi connectivity index (χ1) is 33.7. The maximum Gasteiger partial charge on any atom is 0.164 e. The third-order valence-corrected chi connectivity index (χ3v) is 13.2. The Balaban J connectivity index is 0.903. The number of benzene rings is 10. The standard InChI is InChI=1S/C63H41N5/c1-5-17-42(18-6-1)49-37-50(43-19-7-2-8-20-43)39-52(38-49)68-58-28-16-14-26-54(58)56-41-48(32-36-60(56)68)47-31-35-59-55(40-47)53-25-13-15-27-57(53)67(59)51-33-29-46(30-34-51)63-65-61(44-21-9-3-10-22-44)64-62(66-63)45-23-11-4-12-24-45/h1-41H. The van der Waals surface area contributed by atoms with Crippen LogP contribution in [0.1, 0.15) is 0 Å². The number of para-hydroxylation sites is 2. The smallest absolute Gasteiger partial charge is 0.164 e. The van der Waals surface area contributed by atoms with Crippen molar-refractivity contribution in [2.45, 2.75) is 0 Å². The molecule has 68 heavy (non-hydrogen) atoms. The lowest BCUT2D eigenvalue weighted by atomic mass is 9.98. The van der Waals surface area contributed by atoms with Crippen LogP contribution in [0.5, 0.6) is 0 Å². The monoisotopic (exact) mass is 867 g/mol. The second-order valence-corrected chi connectivity index (χ2v) is 17.3. The summed E-state index contributed by atoms with van der Waals surface area (Å²) in [7, 11) is 0. The molecule has 0 aliphatic rings. The highest BCUT2D eigenvalue weighted by Gasteiger charge is 2.18. The Hall–Kier alpha value is -9.19. The quantitative estimate of drug-likeness (QED) is 0.153. The minimum Gasteiger partial charge on any atom is -0.309 e. The van der Waals surface area contributed by atoms with E-state index in [1.807, 2.05) is 60.7 Å². The van der Waals surface area contributed by atoms with Gasteiger partial charge in [0.05, 0.1) is 22.1 Å². The van der Waals surface area contributed by atoms with Gasteiger partial charge in [0.2, 0.25) is 0 Å². The fourth-order valence-electron chi connectivity index (χ4n) is 9.89. The molecule has 0 aliphatic carbocycles. The highest BCUT2D eigenvalue weighted by Crippen LogP contribution is 2.40. The normalized spacial score (nSPS) is 11.5. The van der Waals surface area contributed by atoms with Crippen LogP contribution in [0.2, 0.25) is 0 Å². The van der Waals surface area contributed by atoms with Crippen molar-refractivity contribution in [1.29, 1.82) is 0 Å². The van der Waals surface area contributed by atoms with Crippen molar-refractivity contribution in [3.8, 4) is 78.9 Å². The molecule has 0 fully saturated rings. The topological polar surface area (TPSA) is 48.5 Å². The van der Waals surface area contributed by atoms with E-state index < -0.39 is 0 Å². The molecule has 0 unspecified atom stereocenters. The van der Waals surface area contributed by atoms with Crippen LogP contribution in [0.25, 0.3) is 123 Å². The molecule has 0 saturated carbocycles. The minimum atomic E-state index is 0.633. The number of hydrogen-bond donors (Lipinski definition) is 0. The maximum absolute atomic E-state index is 4.98. The lowest BCUT2D eigenvalue weighted by Gasteiger charge is -2.14. The van der Waals surface area contributed by atoms with E-state index in [4.69, 9.17) is 15.0 Å². The van der Waals surface area contributed by atoms with E-state index in [1.54, 1.807) is 0 Å². The van der Waals surface area contributed by atoms with Gasteiger partial charge in [0, 0.05) is 49.6 Å². The molecule has 0 atom stereocenters. The van der Waals surface area contributed by atoms with E-state index in [0.29, 0.717) is 17.5 Å². The second-order valence-electron chi connectivity index (χ2n) is 17.3. The molecule has 0 bridgehead atoms. The predicted octanol–water partition coefficient (Wildman–Crippen LogP) is 16.1. The third-order valence-electron chi connectivity index (χ3n) is 13.2. The highest BCUT2D eigenvalue weighted by atomic mass is 15.0. The van der Waals surface area contributed by atoms with E-state index in [-0.39, 0.29) is 0 Å². The third kappa shape index (κ3) is 6.84. The largest absolute Gasteiger partial charge is 0.309 e. The van der Waals surface area contributed by atoms with E-state index in [1.165, 1.54) is 66.0 Å². The molecule has 0 amide bonds. The zero-order valence-electron chi connectivity index (χ0n) is 36.9. The van der Waals surface area contributed by atoms with Crippen LogP contribution in [0, 0.1) is 0 Å². The van der Waals surface area contributed by atoms with E-state index in [9.17, 15) is 0 Å². The fraction of sp³-hybridized carbons (Fsp3) is 0. The summed E-state index contributed by atoms with van der Waals surface area (Å²) in [6.07, 6.45) is 0. The van der Waals surface area contributed by atoms with Crippen molar-refractivity contribution < 1.29 is 0 Å². The lowest BCUT2D eigenvalue weighted by molar-refractivity contribution is 1.07. The Morgan fingerprint density at radius 1 is 0.206 bits per heavy atom. The van der Waals surface area contributed by atoms with Gasteiger partial charge in [-0.15, -0.1) is 0 Å². The van der Waals surface area contributed by atoms with Crippen molar-refractivity contribution in [2.75, 3.05) is 0 Å². The highest BCUT2D eigenvalue weighted by molar-refractivity contribution is 6.13. The van der Waals surface area contributed by atoms with Gasteiger partial charge in [-0.05, 0) is 112 Å². The predicted molar refractivity (Wildman–Crippen MR) is 281 cm³/mol. The number of rotatable bonds is 8. The molecular formula is C63H41N5. The summed E-state index contributed by atoms with van der Waals surface area (Å²) in [5.74, 6) is 1.93. The summed E-state index contributed by atoms with van der Waals surface area (Å²) in [6.45, 7) is 0. The van der Waals surface area contributed by atoms with Crippen molar-refractivity contribution in [3.05, 3.63) is 249 Å². The molecule has 0 radical (unpaired) electrons. The summed E-state index contributed by atoms with van der Waals surface area (Å²) in [6, 6.07) is 88.5. The Labute approximate surface area is 393 Å². The van der Waals surface area contributed by atoms with Crippen LogP contribution in [0.4, 0.5) is 0 Å². The average molecular weight is 868 g/mol. The van der Waals surface area contributed by atoms with E-state index >= 15 is 0 Å². The van der Waals surface area contributed by atoms with Gasteiger partial charge in [-0.1, -0.05) is 170 Å². The maximum atomic E-state index is 4.98. The van der Waals surface area contributed by atoms with Crippen molar-refractivity contribution in [2.24, 2.45) is 0 Å². The molecule has 0 aliphatic heterocycles. The molecule has 0 N–H and O–H groups in total. The van der Waals surface area contributed by atoms with Crippen LogP contribution in [0.15, 0.2) is 249 Å². The lowest BCUT2D eigenvalue weighted by Crippen LogP contribution is -2.00. The van der Waals surface area contributed by atoms with Crippen LogP contribution in [-0.2, 0) is 0 Å². The number of fused-ring (bicyclic) bond motifs is 6. The molecule has 3 aromatic heterocycles. The van der Waals surface area contributed by atoms with Crippen molar-refractivity contribution >= 4 is 43.6 Å². The molecule has 3 heterocycles. The van der Waals surface area contributed by atoms with Crippen LogP contribution >= 0.6 is 0 Å². The minimum absolute atomic E-state index is 0.633. The molecule has 5 nitrogen and oxygen atoms in total. The summed E-state index contributed by atoms with van der Waals surface area (Å²) in [5, 5.41) is 4.85. The van der Waals surface area contributed by atoms with E-state index in [0.717, 1.165) is 39.1 Å². The van der Waals surface area contributed by atoms with Gasteiger partial charge in [-0.2, -0.15) is 0 Å². The van der Waals surface area contributed by atoms with Gasteiger partial charge in [0.15, 0.2) is 17.5 Å². The first kappa shape index (κ1) is 39.2. The van der Waals surface area contributed by atoms with E-state index in [2.05, 4.69) is 197 Å². The molecule has 13 aromatic rings. The average Bonchev–Trinajstić information content (AvgIpc) is 3.94. The Morgan fingerprint density at radius 2 is 0.544 bits per heavy atom. The Morgan fingerprint density at radius 3 is 0.985 bits per heavy atom. The SMILES string of the molecule is c1ccc(-c2cc(-c3ccccc3)cc(-n3c4ccccc4c4cc(-c5ccc6c(c5)c5ccccc5n6-c5ccc(-c6nc(-c7ccccc7)nc(-c7ccccc7)n6)cc5)ccc43)c2)cc1. The van der Waals surface area contributed by atoms with Crippen molar-refractivity contribution in [3.63, 3.8) is 0 Å². The Bertz CT molecular complexity index is 3870. The number of aromatic nitrogens is 5. The summed E-state index contributed by atoms with van der Waals surface area (Å²) >= 11 is 0. The first-order valence-electron chi connectivity index (χ1n) is 23.0. The van der Waals surface area contributed by atoms with Crippen LogP contribution < -0.4 is 0 Å². The first-order valence-corrected chi connectivity index (χ1v) is 23.0. The zero-order valence-corrected chi connectivity index (χ0v) is 36.9. The summed E-state index contributed by atoms with van der Waals surface area (Å²) < 4.78 is 4.79.